The molecular formula is C34H20N8S2. The highest BCUT2D eigenvalue weighted by Crippen LogP contribution is 2.30. The molecule has 0 fully saturated rings. The third kappa shape index (κ3) is 5.70. The number of rotatable bonds is 6. The van der Waals surface area contributed by atoms with E-state index in [1.165, 1.54) is 11.3 Å². The van der Waals surface area contributed by atoms with Crippen LogP contribution < -0.4 is 0 Å². The summed E-state index contributed by atoms with van der Waals surface area (Å²) in [6.45, 7) is 0. The molecular weight excluding hydrogens is 585 g/mol. The normalized spacial score (nSPS) is 10.8. The smallest absolute Gasteiger partial charge is 0.166 e. The SMILES string of the molecule is N=C(SC(=N)c1ccc2ccc(-c3nnc(-c4cccc(-c5ccccc5)n4)s3)nc2n1)c1cccc(-c2cc#ccc2)n1. The van der Waals surface area contributed by atoms with E-state index in [9.17, 15) is 0 Å². The van der Waals surface area contributed by atoms with Gasteiger partial charge in [-0.1, -0.05) is 65.9 Å². The Morgan fingerprint density at radius 1 is 0.568 bits per heavy atom. The standard InChI is InChI=1S/C34H20N8S2/c35-30(26-15-7-13-24(37-26)21-9-3-1-4-10-21)43-31(36)27-19-17-23-18-20-29(40-32(23)39-27)34-42-41-33(44-34)28-16-8-14-25(38-28)22-11-5-2-6-12-22/h2-3,5-20,35-36H. The molecule has 7 aromatic rings. The highest BCUT2D eigenvalue weighted by Gasteiger charge is 2.15. The van der Waals surface area contributed by atoms with Gasteiger partial charge < -0.3 is 0 Å². The summed E-state index contributed by atoms with van der Waals surface area (Å²) in [6.07, 6.45) is 0. The van der Waals surface area contributed by atoms with Gasteiger partial charge in [0, 0.05) is 16.5 Å². The Balaban J connectivity index is 1.11. The van der Waals surface area contributed by atoms with Crippen molar-refractivity contribution in [3.8, 4) is 43.9 Å². The quantitative estimate of drug-likeness (QED) is 0.148. The van der Waals surface area contributed by atoms with Crippen molar-refractivity contribution in [2.24, 2.45) is 0 Å². The van der Waals surface area contributed by atoms with E-state index < -0.39 is 0 Å². The van der Waals surface area contributed by atoms with Crippen LogP contribution in [0, 0.1) is 23.0 Å². The lowest BCUT2D eigenvalue weighted by molar-refractivity contribution is 1.08. The molecule has 0 saturated carbocycles. The zero-order chi connectivity index (χ0) is 29.9. The first-order valence-corrected chi connectivity index (χ1v) is 15.1. The predicted molar refractivity (Wildman–Crippen MR) is 176 cm³/mol. The summed E-state index contributed by atoms with van der Waals surface area (Å²) in [7, 11) is 0. The maximum absolute atomic E-state index is 8.67. The minimum Gasteiger partial charge on any atom is -0.292 e. The third-order valence-electron chi connectivity index (χ3n) is 6.61. The average molecular weight is 605 g/mol. The molecule has 44 heavy (non-hydrogen) atoms. The molecule has 0 aliphatic rings. The second-order valence-corrected chi connectivity index (χ2v) is 11.5. The van der Waals surface area contributed by atoms with E-state index in [0.717, 1.165) is 45.4 Å². The number of hydrogen-bond donors (Lipinski definition) is 2. The fourth-order valence-electron chi connectivity index (χ4n) is 4.43. The zero-order valence-electron chi connectivity index (χ0n) is 22.9. The summed E-state index contributed by atoms with van der Waals surface area (Å²) in [5.41, 5.74) is 6.26. The number of nitrogens with one attached hydrogen (secondary N) is 2. The maximum atomic E-state index is 8.67. The van der Waals surface area contributed by atoms with E-state index in [0.29, 0.717) is 32.7 Å². The second-order valence-electron chi connectivity index (χ2n) is 9.52. The molecule has 10 heteroatoms. The summed E-state index contributed by atoms with van der Waals surface area (Å²) in [6, 6.07) is 40.1. The Morgan fingerprint density at radius 2 is 1.25 bits per heavy atom. The number of benzene rings is 1. The molecule has 2 aromatic carbocycles. The molecule has 0 atom stereocenters. The molecule has 7 rings (SSSR count). The van der Waals surface area contributed by atoms with Crippen molar-refractivity contribution in [2.45, 2.75) is 0 Å². The van der Waals surface area contributed by atoms with Gasteiger partial charge in [0.2, 0.25) is 0 Å². The molecule has 0 unspecified atom stereocenters. The van der Waals surface area contributed by atoms with Gasteiger partial charge in [0.15, 0.2) is 15.7 Å². The van der Waals surface area contributed by atoms with Crippen LogP contribution in [0.25, 0.3) is 55.0 Å². The Kier molecular flexibility index (Phi) is 7.38. The van der Waals surface area contributed by atoms with E-state index in [1.807, 2.05) is 84.9 Å². The summed E-state index contributed by atoms with van der Waals surface area (Å²) >= 11 is 2.40. The van der Waals surface area contributed by atoms with Gasteiger partial charge in [-0.25, -0.2) is 19.9 Å². The number of nitrogens with zero attached hydrogens (tertiary/aromatic N) is 6. The van der Waals surface area contributed by atoms with Gasteiger partial charge in [0.25, 0.3) is 0 Å². The first kappa shape index (κ1) is 27.2. The Bertz CT molecular complexity index is 2150. The molecule has 0 spiro atoms. The van der Waals surface area contributed by atoms with Crippen LogP contribution in [-0.2, 0) is 0 Å². The molecule has 0 radical (unpaired) electrons. The van der Waals surface area contributed by atoms with Crippen LogP contribution in [0.3, 0.4) is 0 Å². The topological polar surface area (TPSA) is 125 Å². The average Bonchev–Trinajstić information content (AvgIpc) is 3.59. The molecule has 0 amide bonds. The molecule has 2 N–H and O–H groups in total. The van der Waals surface area contributed by atoms with Crippen LogP contribution in [-0.4, -0.2) is 40.2 Å². The summed E-state index contributed by atoms with van der Waals surface area (Å²) < 4.78 is 0. The van der Waals surface area contributed by atoms with Crippen LogP contribution in [0.1, 0.15) is 11.4 Å². The van der Waals surface area contributed by atoms with Crippen molar-refractivity contribution < 1.29 is 0 Å². The summed E-state index contributed by atoms with van der Waals surface area (Å²) in [4.78, 5) is 18.8. The minimum absolute atomic E-state index is 0.126. The Hall–Kier alpha value is -5.63. The van der Waals surface area contributed by atoms with Gasteiger partial charge in [-0.15, -0.1) is 10.2 Å². The van der Waals surface area contributed by atoms with E-state index >= 15 is 0 Å². The van der Waals surface area contributed by atoms with E-state index in [1.54, 1.807) is 24.3 Å². The first-order valence-electron chi connectivity index (χ1n) is 13.5. The highest BCUT2D eigenvalue weighted by molar-refractivity contribution is 8.27. The van der Waals surface area contributed by atoms with E-state index in [2.05, 4.69) is 32.3 Å². The van der Waals surface area contributed by atoms with Crippen molar-refractivity contribution in [3.63, 3.8) is 0 Å². The second kappa shape index (κ2) is 11.9. The summed E-state index contributed by atoms with van der Waals surface area (Å²) in [5.74, 6) is 0. The van der Waals surface area contributed by atoms with Crippen molar-refractivity contribution in [2.75, 3.05) is 0 Å². The fourth-order valence-corrected chi connectivity index (χ4v) is 5.86. The molecule has 5 aromatic heterocycles. The molecule has 0 aliphatic heterocycles. The van der Waals surface area contributed by atoms with Crippen LogP contribution in [0.2, 0.25) is 0 Å². The van der Waals surface area contributed by atoms with Gasteiger partial charge in [-0.2, -0.15) is 0 Å². The van der Waals surface area contributed by atoms with Crippen molar-refractivity contribution >= 4 is 44.2 Å². The van der Waals surface area contributed by atoms with Crippen molar-refractivity contribution in [1.82, 2.24) is 30.1 Å². The molecule has 5 heterocycles. The van der Waals surface area contributed by atoms with E-state index in [-0.39, 0.29) is 10.1 Å². The Labute approximate surface area is 261 Å². The van der Waals surface area contributed by atoms with Crippen LogP contribution >= 0.6 is 23.1 Å². The van der Waals surface area contributed by atoms with Crippen LogP contribution in [0.4, 0.5) is 0 Å². The first-order chi connectivity index (χ1) is 21.6. The maximum Gasteiger partial charge on any atom is 0.166 e. The molecule has 208 valence electrons. The largest absolute Gasteiger partial charge is 0.292 e. The lowest BCUT2D eigenvalue weighted by atomic mass is 10.1. The molecule has 0 bridgehead atoms. The van der Waals surface area contributed by atoms with Crippen LogP contribution in [0.5, 0.6) is 0 Å². The monoisotopic (exact) mass is 604 g/mol. The number of fused-ring (bicyclic) bond motifs is 1. The minimum atomic E-state index is 0.126. The van der Waals surface area contributed by atoms with Gasteiger partial charge in [0.05, 0.1) is 22.8 Å². The lowest BCUT2D eigenvalue weighted by Gasteiger charge is -2.07. The van der Waals surface area contributed by atoms with Gasteiger partial charge in [-0.05, 0) is 78.5 Å². The van der Waals surface area contributed by atoms with E-state index in [4.69, 9.17) is 20.8 Å². The molecule has 8 nitrogen and oxygen atoms in total. The molecule has 0 saturated heterocycles. The Morgan fingerprint density at radius 3 is 2.02 bits per heavy atom. The third-order valence-corrected chi connectivity index (χ3v) is 8.40. The van der Waals surface area contributed by atoms with Crippen molar-refractivity contribution in [3.05, 3.63) is 133 Å². The number of aromatic nitrogens is 6. The zero-order valence-corrected chi connectivity index (χ0v) is 24.5. The van der Waals surface area contributed by atoms with Gasteiger partial charge >= 0.3 is 0 Å². The fraction of sp³-hybridized carbons (Fsp3) is 0. The lowest BCUT2D eigenvalue weighted by Crippen LogP contribution is -2.06. The summed E-state index contributed by atoms with van der Waals surface area (Å²) in [5, 5.41) is 28.5. The van der Waals surface area contributed by atoms with Crippen molar-refractivity contribution in [1.29, 1.82) is 10.8 Å². The number of thioether (sulfide) groups is 1. The molecule has 0 aliphatic carbocycles. The van der Waals surface area contributed by atoms with Gasteiger partial charge in [0.1, 0.15) is 21.5 Å². The predicted octanol–water partition coefficient (Wildman–Crippen LogP) is 7.62. The van der Waals surface area contributed by atoms with Crippen LogP contribution in [0.15, 0.2) is 109 Å². The number of pyridine rings is 4. The highest BCUT2D eigenvalue weighted by atomic mass is 32.2. The van der Waals surface area contributed by atoms with Gasteiger partial charge in [-0.3, -0.25) is 10.8 Å². The number of hydrogen-bond acceptors (Lipinski definition) is 10.